The van der Waals surface area contributed by atoms with Crippen LogP contribution in [-0.2, 0) is 11.3 Å². The summed E-state index contributed by atoms with van der Waals surface area (Å²) >= 11 is 0. The van der Waals surface area contributed by atoms with E-state index < -0.39 is 5.97 Å². The van der Waals surface area contributed by atoms with Crippen LogP contribution in [0, 0.1) is 0 Å². The number of carbonyl (C=O) groups is 1. The smallest absolute Gasteiger partial charge is 0.335 e. The molecule has 3 rings (SSSR count). The van der Waals surface area contributed by atoms with Gasteiger partial charge >= 0.3 is 5.97 Å². The Morgan fingerprint density at radius 3 is 2.77 bits per heavy atom. The third kappa shape index (κ3) is 2.54. The lowest BCUT2D eigenvalue weighted by atomic mass is 10.1. The summed E-state index contributed by atoms with van der Waals surface area (Å²) in [6, 6.07) is 8.89. The highest BCUT2D eigenvalue weighted by Crippen LogP contribution is 2.37. The molecule has 22 heavy (non-hydrogen) atoms. The highest BCUT2D eigenvalue weighted by Gasteiger charge is 2.21. The summed E-state index contributed by atoms with van der Waals surface area (Å²) in [6.07, 6.45) is 0.538. The van der Waals surface area contributed by atoms with Crippen molar-refractivity contribution in [2.45, 2.75) is 6.42 Å². The highest BCUT2D eigenvalue weighted by atomic mass is 16.9. The second-order valence-electron chi connectivity index (χ2n) is 4.70. The van der Waals surface area contributed by atoms with Crippen LogP contribution in [0.15, 0.2) is 36.4 Å². The molecule has 2 aromatic rings. The van der Waals surface area contributed by atoms with E-state index in [1.807, 2.05) is 0 Å². The van der Waals surface area contributed by atoms with Gasteiger partial charge in [0, 0.05) is 12.0 Å². The van der Waals surface area contributed by atoms with Gasteiger partial charge in [-0.3, -0.25) is 5.21 Å². The SMILES string of the molecule is O=C(O)c1ccc(Oc2cccc3c2CCON3O)c(O)c1. The van der Waals surface area contributed by atoms with Crippen LogP contribution in [0.2, 0.25) is 0 Å². The number of aromatic hydroxyl groups is 1. The predicted octanol–water partition coefficient (Wildman–Crippen LogP) is 2.57. The first-order chi connectivity index (χ1) is 10.6. The van der Waals surface area contributed by atoms with Gasteiger partial charge in [0.15, 0.2) is 11.5 Å². The Morgan fingerprint density at radius 2 is 2.05 bits per heavy atom. The number of phenolic OH excluding ortho intramolecular Hbond substituents is 1. The number of carboxylic acid groups (broad SMARTS) is 1. The maximum Gasteiger partial charge on any atom is 0.335 e. The van der Waals surface area contributed by atoms with Gasteiger partial charge in [-0.2, -0.15) is 0 Å². The average Bonchev–Trinajstić information content (AvgIpc) is 2.50. The van der Waals surface area contributed by atoms with Crippen molar-refractivity contribution >= 4 is 11.7 Å². The van der Waals surface area contributed by atoms with Crippen LogP contribution in [0.4, 0.5) is 5.69 Å². The van der Waals surface area contributed by atoms with Crippen molar-refractivity contribution in [2.75, 3.05) is 11.8 Å². The number of nitrogens with zero attached hydrogens (tertiary/aromatic N) is 1. The van der Waals surface area contributed by atoms with Gasteiger partial charge in [0.1, 0.15) is 11.4 Å². The molecule has 0 saturated heterocycles. The first-order valence-corrected chi connectivity index (χ1v) is 6.54. The van der Waals surface area contributed by atoms with Gasteiger partial charge < -0.3 is 14.9 Å². The Kier molecular flexibility index (Phi) is 3.58. The summed E-state index contributed by atoms with van der Waals surface area (Å²) in [7, 11) is 0. The number of rotatable bonds is 3. The zero-order valence-electron chi connectivity index (χ0n) is 11.4. The summed E-state index contributed by atoms with van der Waals surface area (Å²) in [4.78, 5) is 15.8. The lowest BCUT2D eigenvalue weighted by molar-refractivity contribution is -0.0476. The van der Waals surface area contributed by atoms with Crippen LogP contribution in [-0.4, -0.2) is 28.0 Å². The standard InChI is InChI=1S/C15H13NO6/c17-12-8-9(15(18)19)4-5-14(12)22-13-3-1-2-11-10(13)6-7-21-16(11)20/h1-5,8,17,20H,6-7H2,(H,18,19). The third-order valence-corrected chi connectivity index (χ3v) is 3.31. The number of ether oxygens (including phenoxy) is 1. The Labute approximate surface area is 125 Å². The first kappa shape index (κ1) is 14.2. The van der Waals surface area contributed by atoms with Crippen LogP contribution in [0.1, 0.15) is 15.9 Å². The first-order valence-electron chi connectivity index (χ1n) is 6.54. The Bertz CT molecular complexity index is 730. The molecular weight excluding hydrogens is 290 g/mol. The second-order valence-corrected chi connectivity index (χ2v) is 4.70. The number of hydrogen-bond acceptors (Lipinski definition) is 6. The fourth-order valence-electron chi connectivity index (χ4n) is 2.24. The Hall–Kier alpha value is -2.77. The van der Waals surface area contributed by atoms with Gasteiger partial charge in [0.25, 0.3) is 0 Å². The summed E-state index contributed by atoms with van der Waals surface area (Å²) in [5.74, 6) is -0.815. The number of anilines is 1. The summed E-state index contributed by atoms with van der Waals surface area (Å²) in [5, 5.41) is 29.1. The zero-order chi connectivity index (χ0) is 15.7. The van der Waals surface area contributed by atoms with Crippen molar-refractivity contribution in [1.29, 1.82) is 0 Å². The van der Waals surface area contributed by atoms with Crippen molar-refractivity contribution < 1.29 is 29.8 Å². The van der Waals surface area contributed by atoms with Crippen molar-refractivity contribution in [1.82, 2.24) is 0 Å². The molecule has 0 aromatic heterocycles. The van der Waals surface area contributed by atoms with E-state index in [0.29, 0.717) is 29.7 Å². The molecular formula is C15H13NO6. The molecule has 0 fully saturated rings. The minimum absolute atomic E-state index is 0.0325. The fraction of sp³-hybridized carbons (Fsp3) is 0.133. The number of benzene rings is 2. The molecule has 0 aliphatic carbocycles. The fourth-order valence-corrected chi connectivity index (χ4v) is 2.24. The summed E-state index contributed by atoms with van der Waals surface area (Å²) in [6.45, 7) is 0.299. The number of hydrogen-bond donors (Lipinski definition) is 3. The van der Waals surface area contributed by atoms with Gasteiger partial charge in [-0.1, -0.05) is 6.07 Å². The minimum atomic E-state index is -1.13. The molecule has 0 bridgehead atoms. The van der Waals surface area contributed by atoms with E-state index in [1.54, 1.807) is 18.2 Å². The number of fused-ring (bicyclic) bond motifs is 1. The molecule has 2 aromatic carbocycles. The molecule has 114 valence electrons. The maximum absolute atomic E-state index is 10.9. The molecule has 7 heteroatoms. The number of phenols is 1. The second kappa shape index (κ2) is 5.55. The van der Waals surface area contributed by atoms with E-state index >= 15 is 0 Å². The lowest BCUT2D eigenvalue weighted by Crippen LogP contribution is -2.26. The molecule has 3 N–H and O–H groups in total. The zero-order valence-corrected chi connectivity index (χ0v) is 11.4. The number of aromatic carboxylic acids is 1. The maximum atomic E-state index is 10.9. The Balaban J connectivity index is 1.94. The normalized spacial score (nSPS) is 13.6. The van der Waals surface area contributed by atoms with E-state index in [1.165, 1.54) is 12.1 Å². The van der Waals surface area contributed by atoms with Gasteiger partial charge in [-0.25, -0.2) is 9.63 Å². The van der Waals surface area contributed by atoms with E-state index in [2.05, 4.69) is 0 Å². The van der Waals surface area contributed by atoms with Crippen LogP contribution in [0.3, 0.4) is 0 Å². The van der Waals surface area contributed by atoms with Gasteiger partial charge in [-0.15, -0.1) is 5.23 Å². The van der Waals surface area contributed by atoms with Crippen molar-refractivity contribution in [3.05, 3.63) is 47.5 Å². The Morgan fingerprint density at radius 1 is 1.23 bits per heavy atom. The van der Waals surface area contributed by atoms with Crippen LogP contribution in [0.5, 0.6) is 17.2 Å². The molecule has 7 nitrogen and oxygen atoms in total. The molecule has 1 heterocycles. The van der Waals surface area contributed by atoms with Gasteiger partial charge in [0.05, 0.1) is 12.2 Å². The highest BCUT2D eigenvalue weighted by molar-refractivity contribution is 5.88. The molecule has 0 unspecified atom stereocenters. The minimum Gasteiger partial charge on any atom is -0.504 e. The van der Waals surface area contributed by atoms with E-state index in [9.17, 15) is 15.1 Å². The molecule has 0 atom stereocenters. The van der Waals surface area contributed by atoms with E-state index in [0.717, 1.165) is 11.6 Å². The average molecular weight is 303 g/mol. The topological polar surface area (TPSA) is 99.5 Å². The van der Waals surface area contributed by atoms with E-state index in [-0.39, 0.29) is 17.1 Å². The molecule has 0 amide bonds. The third-order valence-electron chi connectivity index (χ3n) is 3.31. The van der Waals surface area contributed by atoms with E-state index in [4.69, 9.17) is 14.7 Å². The lowest BCUT2D eigenvalue weighted by Gasteiger charge is -2.25. The van der Waals surface area contributed by atoms with Gasteiger partial charge in [0.2, 0.25) is 0 Å². The molecule has 0 radical (unpaired) electrons. The van der Waals surface area contributed by atoms with Crippen LogP contribution < -0.4 is 9.96 Å². The molecule has 1 aliphatic heterocycles. The van der Waals surface area contributed by atoms with Crippen molar-refractivity contribution in [3.8, 4) is 17.2 Å². The number of carboxylic acids is 1. The molecule has 0 saturated carbocycles. The largest absolute Gasteiger partial charge is 0.504 e. The van der Waals surface area contributed by atoms with Crippen molar-refractivity contribution in [3.63, 3.8) is 0 Å². The van der Waals surface area contributed by atoms with Gasteiger partial charge in [-0.05, 0) is 30.3 Å². The monoisotopic (exact) mass is 303 g/mol. The quantitative estimate of drug-likeness (QED) is 0.801. The summed E-state index contributed by atoms with van der Waals surface area (Å²) in [5.41, 5.74) is 1.17. The molecule has 0 spiro atoms. The summed E-state index contributed by atoms with van der Waals surface area (Å²) < 4.78 is 5.65. The van der Waals surface area contributed by atoms with Crippen molar-refractivity contribution in [2.24, 2.45) is 0 Å². The predicted molar refractivity (Wildman–Crippen MR) is 75.5 cm³/mol. The van der Waals surface area contributed by atoms with Crippen LogP contribution in [0.25, 0.3) is 0 Å². The molecule has 1 aliphatic rings. The van der Waals surface area contributed by atoms with Crippen LogP contribution >= 0.6 is 0 Å².